The Bertz CT molecular complexity index is 859. The summed E-state index contributed by atoms with van der Waals surface area (Å²) in [7, 11) is 0. The van der Waals surface area contributed by atoms with Crippen molar-refractivity contribution in [3.05, 3.63) is 45.8 Å². The molecule has 0 saturated carbocycles. The molecule has 7 nitrogen and oxygen atoms in total. The second-order valence-electron chi connectivity index (χ2n) is 5.57. The number of nitrogens with one attached hydrogen (secondary N) is 1. The molecule has 1 aliphatic rings. The molecule has 0 saturated heterocycles. The van der Waals surface area contributed by atoms with Crippen LogP contribution in [0.4, 0.5) is 5.00 Å². The van der Waals surface area contributed by atoms with Crippen molar-refractivity contribution in [2.75, 3.05) is 11.9 Å². The van der Waals surface area contributed by atoms with E-state index in [1.165, 1.54) is 23.5 Å². The van der Waals surface area contributed by atoms with Crippen LogP contribution in [0.5, 0.6) is 5.75 Å². The molecule has 0 aliphatic heterocycles. The Kier molecular flexibility index (Phi) is 4.71. The largest absolute Gasteiger partial charge is 0.507 e. The van der Waals surface area contributed by atoms with Gasteiger partial charge in [0.1, 0.15) is 16.3 Å². The van der Waals surface area contributed by atoms with Gasteiger partial charge in [-0.1, -0.05) is 12.1 Å². The van der Waals surface area contributed by atoms with Gasteiger partial charge in [-0.3, -0.25) is 9.59 Å². The van der Waals surface area contributed by atoms with Crippen molar-refractivity contribution in [2.45, 2.75) is 19.3 Å². The van der Waals surface area contributed by atoms with Gasteiger partial charge in [-0.25, -0.2) is 4.79 Å². The lowest BCUT2D eigenvalue weighted by Gasteiger charge is -2.08. The van der Waals surface area contributed by atoms with Crippen molar-refractivity contribution in [1.82, 2.24) is 0 Å². The quantitative estimate of drug-likeness (QED) is 0.703. The predicted octanol–water partition coefficient (Wildman–Crippen LogP) is 1.84. The molecule has 0 bridgehead atoms. The monoisotopic (exact) mass is 360 g/mol. The number of para-hydroxylation sites is 1. The molecule has 3 rings (SSSR count). The number of carbonyl (C=O) groups is 3. The maximum atomic E-state index is 12.0. The number of hydrogen-bond donors (Lipinski definition) is 3. The minimum atomic E-state index is -0.808. The highest BCUT2D eigenvalue weighted by Gasteiger charge is 2.26. The van der Waals surface area contributed by atoms with Crippen LogP contribution in [0, 0.1) is 0 Å². The molecule has 1 aliphatic carbocycles. The lowest BCUT2D eigenvalue weighted by Crippen LogP contribution is -2.22. The molecule has 25 heavy (non-hydrogen) atoms. The van der Waals surface area contributed by atoms with Crippen molar-refractivity contribution in [2.24, 2.45) is 5.73 Å². The third kappa shape index (κ3) is 3.48. The van der Waals surface area contributed by atoms with Crippen molar-refractivity contribution in [1.29, 1.82) is 0 Å². The van der Waals surface area contributed by atoms with E-state index in [1.807, 2.05) is 0 Å². The number of primary amides is 1. The zero-order valence-corrected chi connectivity index (χ0v) is 14.0. The summed E-state index contributed by atoms with van der Waals surface area (Å²) < 4.78 is 4.90. The smallest absolute Gasteiger partial charge is 0.342 e. The zero-order valence-electron chi connectivity index (χ0n) is 13.2. The van der Waals surface area contributed by atoms with Crippen molar-refractivity contribution in [3.63, 3.8) is 0 Å². The minimum Gasteiger partial charge on any atom is -0.507 e. The molecule has 0 atom stereocenters. The number of carbonyl (C=O) groups excluding carboxylic acids is 3. The van der Waals surface area contributed by atoms with Gasteiger partial charge in [-0.2, -0.15) is 0 Å². The van der Waals surface area contributed by atoms with Gasteiger partial charge in [0.05, 0.1) is 5.56 Å². The van der Waals surface area contributed by atoms with E-state index in [0.717, 1.165) is 29.7 Å². The van der Waals surface area contributed by atoms with Crippen LogP contribution in [0.15, 0.2) is 24.3 Å². The van der Waals surface area contributed by atoms with Crippen LogP contribution in [-0.2, 0) is 22.4 Å². The first kappa shape index (κ1) is 17.0. The first-order chi connectivity index (χ1) is 12.0. The van der Waals surface area contributed by atoms with Crippen LogP contribution < -0.4 is 11.1 Å². The fourth-order valence-electron chi connectivity index (χ4n) is 2.77. The van der Waals surface area contributed by atoms with E-state index in [1.54, 1.807) is 12.1 Å². The molecule has 1 aromatic heterocycles. The van der Waals surface area contributed by atoms with E-state index in [9.17, 15) is 19.5 Å². The highest BCUT2D eigenvalue weighted by molar-refractivity contribution is 7.17. The highest BCUT2D eigenvalue weighted by Crippen LogP contribution is 2.38. The van der Waals surface area contributed by atoms with Gasteiger partial charge in [0.2, 0.25) is 0 Å². The normalized spacial score (nSPS) is 12.5. The highest BCUT2D eigenvalue weighted by atomic mass is 32.1. The Labute approximate surface area is 147 Å². The van der Waals surface area contributed by atoms with E-state index in [2.05, 4.69) is 5.32 Å². The van der Waals surface area contributed by atoms with Gasteiger partial charge < -0.3 is 20.9 Å². The number of hydrogen-bond acceptors (Lipinski definition) is 6. The molecule has 0 radical (unpaired) electrons. The Balaban J connectivity index is 1.65. The van der Waals surface area contributed by atoms with Crippen LogP contribution in [-0.4, -0.2) is 29.5 Å². The number of phenols is 1. The first-order valence-corrected chi connectivity index (χ1v) is 8.48. The third-order valence-corrected chi connectivity index (χ3v) is 5.09. The van der Waals surface area contributed by atoms with Crippen LogP contribution in [0.25, 0.3) is 0 Å². The maximum Gasteiger partial charge on any atom is 0.342 e. The van der Waals surface area contributed by atoms with E-state index in [0.29, 0.717) is 10.6 Å². The molecular formula is C17H16N2O5S. The number of amides is 2. The summed E-state index contributed by atoms with van der Waals surface area (Å²) in [5.74, 6) is -2.19. The number of ether oxygens (including phenoxy) is 1. The predicted molar refractivity (Wildman–Crippen MR) is 91.9 cm³/mol. The molecule has 0 spiro atoms. The summed E-state index contributed by atoms with van der Waals surface area (Å²) >= 11 is 1.33. The van der Waals surface area contributed by atoms with E-state index in [-0.39, 0.29) is 11.3 Å². The number of nitrogens with two attached hydrogens (primary N) is 1. The van der Waals surface area contributed by atoms with Crippen LogP contribution in [0.1, 0.15) is 37.6 Å². The van der Waals surface area contributed by atoms with Gasteiger partial charge in [0.25, 0.3) is 11.8 Å². The van der Waals surface area contributed by atoms with Crippen molar-refractivity contribution in [3.8, 4) is 5.75 Å². The Hall–Kier alpha value is -2.87. The Morgan fingerprint density at radius 1 is 1.24 bits per heavy atom. The fraction of sp³-hybridized carbons (Fsp3) is 0.235. The summed E-state index contributed by atoms with van der Waals surface area (Å²) in [6.45, 7) is -0.534. The number of aromatic hydroxyl groups is 1. The molecule has 2 aromatic rings. The van der Waals surface area contributed by atoms with Gasteiger partial charge in [-0.05, 0) is 37.0 Å². The fourth-order valence-corrected chi connectivity index (χ4v) is 4.08. The average molecular weight is 360 g/mol. The Morgan fingerprint density at radius 3 is 2.72 bits per heavy atom. The Morgan fingerprint density at radius 2 is 2.00 bits per heavy atom. The average Bonchev–Trinajstić information content (AvgIpc) is 3.13. The van der Waals surface area contributed by atoms with E-state index < -0.39 is 24.4 Å². The number of aryl methyl sites for hydroxylation is 1. The van der Waals surface area contributed by atoms with Crippen molar-refractivity contribution < 1.29 is 24.2 Å². The standard InChI is InChI=1S/C17H16N2O5S/c18-15(22)14-10-5-3-7-12(10)25-16(14)19-13(21)8-24-17(23)9-4-1-2-6-11(9)20/h1-2,4,6,20H,3,5,7-8H2,(H2,18,22)(H,19,21). The summed E-state index contributed by atoms with van der Waals surface area (Å²) in [6, 6.07) is 5.89. The SMILES string of the molecule is NC(=O)c1c(NC(=O)COC(=O)c2ccccc2O)sc2c1CCC2. The minimum absolute atomic E-state index is 0.0248. The molecule has 0 fully saturated rings. The molecular weight excluding hydrogens is 344 g/mol. The zero-order chi connectivity index (χ0) is 18.0. The summed E-state index contributed by atoms with van der Waals surface area (Å²) in [5, 5.41) is 12.6. The number of rotatable bonds is 5. The molecule has 4 N–H and O–H groups in total. The van der Waals surface area contributed by atoms with Crippen LogP contribution in [0.2, 0.25) is 0 Å². The van der Waals surface area contributed by atoms with Crippen LogP contribution >= 0.6 is 11.3 Å². The van der Waals surface area contributed by atoms with Gasteiger partial charge in [0.15, 0.2) is 6.61 Å². The number of thiophene rings is 1. The second kappa shape index (κ2) is 6.94. The number of fused-ring (bicyclic) bond motifs is 1. The first-order valence-electron chi connectivity index (χ1n) is 7.66. The third-order valence-electron chi connectivity index (χ3n) is 3.88. The van der Waals surface area contributed by atoms with Gasteiger partial charge >= 0.3 is 5.97 Å². The number of esters is 1. The molecule has 130 valence electrons. The van der Waals surface area contributed by atoms with Gasteiger partial charge in [-0.15, -0.1) is 11.3 Å². The lowest BCUT2D eigenvalue weighted by atomic mass is 10.1. The summed E-state index contributed by atoms with van der Waals surface area (Å²) in [5.41, 5.74) is 6.65. The second-order valence-corrected chi connectivity index (χ2v) is 6.67. The number of anilines is 1. The lowest BCUT2D eigenvalue weighted by molar-refractivity contribution is -0.119. The number of benzene rings is 1. The van der Waals surface area contributed by atoms with E-state index >= 15 is 0 Å². The van der Waals surface area contributed by atoms with Crippen LogP contribution in [0.3, 0.4) is 0 Å². The summed E-state index contributed by atoms with van der Waals surface area (Å²) in [4.78, 5) is 36.6. The summed E-state index contributed by atoms with van der Waals surface area (Å²) in [6.07, 6.45) is 2.59. The van der Waals surface area contributed by atoms with Crippen molar-refractivity contribution >= 4 is 34.1 Å². The molecule has 0 unspecified atom stereocenters. The van der Waals surface area contributed by atoms with Gasteiger partial charge in [0, 0.05) is 4.88 Å². The molecule has 8 heteroatoms. The molecule has 1 aromatic carbocycles. The number of phenolic OH excluding ortho intramolecular Hbond substituents is 1. The molecule has 2 amide bonds. The topological polar surface area (TPSA) is 119 Å². The molecule has 1 heterocycles. The maximum absolute atomic E-state index is 12.0. The van der Waals surface area contributed by atoms with E-state index in [4.69, 9.17) is 10.5 Å².